The molecule has 0 rings (SSSR count). The van der Waals surface area contributed by atoms with Gasteiger partial charge in [-0.1, -0.05) is 27.2 Å². The van der Waals surface area contributed by atoms with Crippen LogP contribution in [0.4, 0.5) is 0 Å². The van der Waals surface area contributed by atoms with Crippen molar-refractivity contribution in [3.8, 4) is 0 Å². The minimum Gasteiger partial charge on any atom is -0.292 e. The summed E-state index contributed by atoms with van der Waals surface area (Å²) >= 11 is 0. The van der Waals surface area contributed by atoms with E-state index in [1.54, 1.807) is 0 Å². The van der Waals surface area contributed by atoms with Gasteiger partial charge in [-0.05, 0) is 33.4 Å². The van der Waals surface area contributed by atoms with E-state index in [0.29, 0.717) is 0 Å². The Bertz CT molecular complexity index is 93.0. The van der Waals surface area contributed by atoms with E-state index >= 15 is 0 Å². The van der Waals surface area contributed by atoms with E-state index < -0.39 is 0 Å². The van der Waals surface area contributed by atoms with E-state index in [0.717, 1.165) is 0 Å². The van der Waals surface area contributed by atoms with Gasteiger partial charge in [0.15, 0.2) is 0 Å². The fourth-order valence-corrected chi connectivity index (χ4v) is 1.03. The van der Waals surface area contributed by atoms with E-state index in [4.69, 9.17) is 0 Å². The first-order valence-electron chi connectivity index (χ1n) is 4.62. The van der Waals surface area contributed by atoms with Crippen LogP contribution in [0.2, 0.25) is 0 Å². The largest absolute Gasteiger partial charge is 0.292 e. The van der Waals surface area contributed by atoms with Gasteiger partial charge in [0.05, 0.1) is 5.54 Å². The Labute approximate surface area is 71.9 Å². The molecule has 0 atom stereocenters. The monoisotopic (exact) mass is 157 g/mol. The van der Waals surface area contributed by atoms with Gasteiger partial charge in [-0.15, -0.1) is 0 Å². The maximum absolute atomic E-state index is 4.32. The molecule has 0 fully saturated rings. The van der Waals surface area contributed by atoms with Crippen molar-refractivity contribution in [2.75, 3.05) is 0 Å². The smallest absolute Gasteiger partial charge is 0.0548 e. The second-order valence-electron chi connectivity index (χ2n) is 2.95. The van der Waals surface area contributed by atoms with Gasteiger partial charge in [0, 0.05) is 0 Å². The molecule has 0 aliphatic carbocycles. The average molecular weight is 157 g/mol. The molecule has 11 heavy (non-hydrogen) atoms. The number of rotatable bonds is 3. The van der Waals surface area contributed by atoms with Crippen LogP contribution in [0, 0.1) is 0 Å². The number of hydrogen-bond donors (Lipinski definition) is 0. The van der Waals surface area contributed by atoms with Crippen LogP contribution in [0.25, 0.3) is 0 Å². The van der Waals surface area contributed by atoms with E-state index in [1.165, 1.54) is 12.8 Å². The highest BCUT2D eigenvalue weighted by Gasteiger charge is 2.11. The summed E-state index contributed by atoms with van der Waals surface area (Å²) in [6.07, 6.45) is 4.28. The third-order valence-electron chi connectivity index (χ3n) is 1.34. The van der Waals surface area contributed by atoms with Gasteiger partial charge in [-0.25, -0.2) is 0 Å². The first kappa shape index (κ1) is 13.3. The van der Waals surface area contributed by atoms with Crippen molar-refractivity contribution in [3.05, 3.63) is 0 Å². The standard InChI is InChI=1S/C8H17N.C2H6/c1-5-7-8(3,4)9-6-2;1-2/h6H,5,7H2,1-4H3;1-2H3. The highest BCUT2D eigenvalue weighted by Crippen LogP contribution is 2.14. The molecule has 0 aliphatic heterocycles. The first-order valence-corrected chi connectivity index (χ1v) is 4.62. The number of aliphatic imine (C=N–C) groups is 1. The highest BCUT2D eigenvalue weighted by atomic mass is 14.8. The van der Waals surface area contributed by atoms with E-state index in [2.05, 4.69) is 25.8 Å². The molecule has 0 radical (unpaired) electrons. The quantitative estimate of drug-likeness (QED) is 0.554. The zero-order valence-electron chi connectivity index (χ0n) is 8.94. The minimum absolute atomic E-state index is 0.170. The fourth-order valence-electron chi connectivity index (χ4n) is 1.03. The minimum atomic E-state index is 0.170. The summed E-state index contributed by atoms with van der Waals surface area (Å²) in [6.45, 7) is 12.5. The summed E-state index contributed by atoms with van der Waals surface area (Å²) in [6, 6.07) is 0. The molecular formula is C10H23N. The highest BCUT2D eigenvalue weighted by molar-refractivity contribution is 5.53. The van der Waals surface area contributed by atoms with Crippen LogP contribution in [0.5, 0.6) is 0 Å². The summed E-state index contributed by atoms with van der Waals surface area (Å²) in [5.41, 5.74) is 0.170. The molecule has 0 unspecified atom stereocenters. The van der Waals surface area contributed by atoms with Crippen molar-refractivity contribution < 1.29 is 0 Å². The van der Waals surface area contributed by atoms with E-state index in [1.807, 2.05) is 27.0 Å². The molecule has 68 valence electrons. The SMILES string of the molecule is CC.CC=NC(C)(C)CCC. The van der Waals surface area contributed by atoms with Gasteiger partial charge in [-0.2, -0.15) is 0 Å². The molecule has 0 N–H and O–H groups in total. The van der Waals surface area contributed by atoms with Crippen molar-refractivity contribution in [3.63, 3.8) is 0 Å². The normalized spacial score (nSPS) is 11.1. The van der Waals surface area contributed by atoms with Crippen LogP contribution in [0.15, 0.2) is 4.99 Å². The molecule has 0 bridgehead atoms. The second-order valence-corrected chi connectivity index (χ2v) is 2.95. The molecule has 0 aromatic carbocycles. The van der Waals surface area contributed by atoms with Crippen LogP contribution >= 0.6 is 0 Å². The van der Waals surface area contributed by atoms with Gasteiger partial charge < -0.3 is 0 Å². The van der Waals surface area contributed by atoms with Crippen LogP contribution in [-0.4, -0.2) is 11.8 Å². The molecule has 0 saturated heterocycles. The fraction of sp³-hybridized carbons (Fsp3) is 0.900. The van der Waals surface area contributed by atoms with Crippen molar-refractivity contribution in [2.24, 2.45) is 4.99 Å². The zero-order chi connectivity index (χ0) is 9.33. The second kappa shape index (κ2) is 7.77. The van der Waals surface area contributed by atoms with Crippen molar-refractivity contribution in [1.29, 1.82) is 0 Å². The first-order chi connectivity index (χ1) is 5.12. The van der Waals surface area contributed by atoms with Crippen LogP contribution in [0.1, 0.15) is 54.4 Å². The Balaban J connectivity index is 0. The van der Waals surface area contributed by atoms with Crippen molar-refractivity contribution in [1.82, 2.24) is 0 Å². The molecular weight excluding hydrogens is 134 g/mol. The lowest BCUT2D eigenvalue weighted by Crippen LogP contribution is -2.15. The maximum Gasteiger partial charge on any atom is 0.0548 e. The Morgan fingerprint density at radius 1 is 1.27 bits per heavy atom. The lowest BCUT2D eigenvalue weighted by atomic mass is 10.0. The van der Waals surface area contributed by atoms with Gasteiger partial charge in [0.25, 0.3) is 0 Å². The van der Waals surface area contributed by atoms with Crippen LogP contribution in [0.3, 0.4) is 0 Å². The molecule has 0 heterocycles. The third kappa shape index (κ3) is 9.67. The molecule has 0 spiro atoms. The lowest BCUT2D eigenvalue weighted by Gasteiger charge is -2.17. The summed E-state index contributed by atoms with van der Waals surface area (Å²) in [5, 5.41) is 0. The Hall–Kier alpha value is -0.330. The van der Waals surface area contributed by atoms with E-state index in [9.17, 15) is 0 Å². The molecule has 0 aromatic rings. The molecule has 0 saturated carbocycles. The Morgan fingerprint density at radius 2 is 1.73 bits per heavy atom. The number of nitrogens with zero attached hydrogens (tertiary/aromatic N) is 1. The van der Waals surface area contributed by atoms with Gasteiger partial charge in [-0.3, -0.25) is 4.99 Å². The van der Waals surface area contributed by atoms with Crippen LogP contribution < -0.4 is 0 Å². The van der Waals surface area contributed by atoms with Gasteiger partial charge in [0.1, 0.15) is 0 Å². The Morgan fingerprint density at radius 3 is 2.00 bits per heavy atom. The predicted molar refractivity (Wildman–Crippen MR) is 54.5 cm³/mol. The average Bonchev–Trinajstić information content (AvgIpc) is 1.91. The summed E-state index contributed by atoms with van der Waals surface area (Å²) in [7, 11) is 0. The van der Waals surface area contributed by atoms with E-state index in [-0.39, 0.29) is 5.54 Å². The summed E-state index contributed by atoms with van der Waals surface area (Å²) in [5.74, 6) is 0. The van der Waals surface area contributed by atoms with Crippen molar-refractivity contribution in [2.45, 2.75) is 59.9 Å². The third-order valence-corrected chi connectivity index (χ3v) is 1.34. The molecule has 0 aromatic heterocycles. The van der Waals surface area contributed by atoms with Gasteiger partial charge in [0.2, 0.25) is 0 Å². The zero-order valence-corrected chi connectivity index (χ0v) is 8.94. The molecule has 0 amide bonds. The lowest BCUT2D eigenvalue weighted by molar-refractivity contribution is 0.475. The maximum atomic E-state index is 4.32. The van der Waals surface area contributed by atoms with Crippen molar-refractivity contribution >= 4 is 6.21 Å². The summed E-state index contributed by atoms with van der Waals surface area (Å²) in [4.78, 5) is 4.32. The molecule has 1 nitrogen and oxygen atoms in total. The molecule has 1 heteroatoms. The van der Waals surface area contributed by atoms with Crippen LogP contribution in [-0.2, 0) is 0 Å². The van der Waals surface area contributed by atoms with Gasteiger partial charge >= 0.3 is 0 Å². The number of hydrogen-bond acceptors (Lipinski definition) is 1. The molecule has 0 aliphatic rings. The Kier molecular flexibility index (Phi) is 9.38. The summed E-state index contributed by atoms with van der Waals surface area (Å²) < 4.78 is 0. The topological polar surface area (TPSA) is 12.4 Å². The predicted octanol–water partition coefficient (Wildman–Crippen LogP) is 3.68.